The number of rotatable bonds is 4. The summed E-state index contributed by atoms with van der Waals surface area (Å²) in [7, 11) is -1.38. The van der Waals surface area contributed by atoms with Crippen LogP contribution in [0.15, 0.2) is 66.9 Å². The first-order chi connectivity index (χ1) is 16.6. The third-order valence-corrected chi connectivity index (χ3v) is 9.42. The highest BCUT2D eigenvalue weighted by molar-refractivity contribution is 7.89. The van der Waals surface area contributed by atoms with Crippen LogP contribution in [0.2, 0.25) is 5.02 Å². The van der Waals surface area contributed by atoms with Gasteiger partial charge in [0, 0.05) is 26.4 Å². The Morgan fingerprint density at radius 3 is 2.40 bits per heavy atom. The quantitative estimate of drug-likeness (QED) is 0.551. The highest BCUT2D eigenvalue weighted by Gasteiger charge is 2.79. The molecule has 2 heterocycles. The topological polar surface area (TPSA) is 124 Å². The molecule has 1 fully saturated rings. The normalized spacial score (nSPS) is 29.3. The van der Waals surface area contributed by atoms with E-state index in [4.69, 9.17) is 16.3 Å². The van der Waals surface area contributed by atoms with Crippen molar-refractivity contribution in [3.8, 4) is 11.8 Å². The van der Waals surface area contributed by atoms with Crippen LogP contribution >= 0.6 is 11.6 Å². The van der Waals surface area contributed by atoms with Gasteiger partial charge in [-0.2, -0.15) is 5.26 Å². The molecular formula is C25H22ClN3O5S. The van der Waals surface area contributed by atoms with Gasteiger partial charge in [-0.15, -0.1) is 0 Å². The summed E-state index contributed by atoms with van der Waals surface area (Å²) in [5.74, 6) is -0.915. The van der Waals surface area contributed by atoms with Crippen LogP contribution in [0.25, 0.3) is 0 Å². The molecule has 10 heteroatoms. The maximum atomic E-state index is 13.7. The molecule has 5 rings (SSSR count). The van der Waals surface area contributed by atoms with Gasteiger partial charge in [-0.3, -0.25) is 4.98 Å². The number of aromatic nitrogens is 1. The predicted molar refractivity (Wildman–Crippen MR) is 128 cm³/mol. The van der Waals surface area contributed by atoms with Crippen molar-refractivity contribution in [2.24, 2.45) is 0 Å². The molecule has 3 aromatic rings. The van der Waals surface area contributed by atoms with Crippen LogP contribution in [0.4, 0.5) is 0 Å². The average molecular weight is 512 g/mol. The second-order valence-corrected chi connectivity index (χ2v) is 11.7. The number of fused-ring (bicyclic) bond motifs is 3. The minimum atomic E-state index is -4.14. The summed E-state index contributed by atoms with van der Waals surface area (Å²) in [6.07, 6.45) is -0.500. The minimum absolute atomic E-state index is 0.00357. The van der Waals surface area contributed by atoms with Crippen LogP contribution in [0.3, 0.4) is 0 Å². The van der Waals surface area contributed by atoms with Crippen molar-refractivity contribution >= 4 is 21.6 Å². The SMILES string of the molecule is CN(C)S(=O)(=O)[C@@H]1[C@@H](c2ccccc2)[C@]2(c3ccc(C#N)cc3)Oc3cc(Cl)cnc3[C@]2(O)[C@H]1O. The van der Waals surface area contributed by atoms with Crippen LogP contribution < -0.4 is 4.74 Å². The molecule has 0 unspecified atom stereocenters. The number of halogens is 1. The predicted octanol–water partition coefficient (Wildman–Crippen LogP) is 2.50. The maximum absolute atomic E-state index is 13.7. The van der Waals surface area contributed by atoms with Crippen molar-refractivity contribution in [2.45, 2.75) is 28.5 Å². The summed E-state index contributed by atoms with van der Waals surface area (Å²) >= 11 is 6.16. The first-order valence-corrected chi connectivity index (χ1v) is 12.7. The number of nitriles is 1. The van der Waals surface area contributed by atoms with Crippen molar-refractivity contribution in [3.05, 3.63) is 94.3 Å². The first kappa shape index (κ1) is 23.7. The van der Waals surface area contributed by atoms with E-state index >= 15 is 0 Å². The molecule has 1 aliphatic heterocycles. The number of sulfonamides is 1. The number of ether oxygens (including phenoxy) is 1. The van der Waals surface area contributed by atoms with Crippen molar-refractivity contribution in [2.75, 3.05) is 14.1 Å². The van der Waals surface area contributed by atoms with Crippen molar-refractivity contribution in [3.63, 3.8) is 0 Å². The smallest absolute Gasteiger partial charge is 0.219 e. The van der Waals surface area contributed by atoms with Gasteiger partial charge in [0.1, 0.15) is 22.8 Å². The lowest BCUT2D eigenvalue weighted by atomic mass is 9.72. The fourth-order valence-corrected chi connectivity index (χ4v) is 7.29. The van der Waals surface area contributed by atoms with Crippen molar-refractivity contribution in [1.29, 1.82) is 5.26 Å². The number of pyridine rings is 1. The molecule has 0 radical (unpaired) electrons. The molecule has 5 atom stereocenters. The van der Waals surface area contributed by atoms with E-state index < -0.39 is 38.5 Å². The Balaban J connectivity index is 1.90. The summed E-state index contributed by atoms with van der Waals surface area (Å²) in [5, 5.41) is 32.2. The summed E-state index contributed by atoms with van der Waals surface area (Å²) in [5.41, 5.74) is -2.75. The molecule has 180 valence electrons. The van der Waals surface area contributed by atoms with Gasteiger partial charge in [0.05, 0.1) is 22.6 Å². The van der Waals surface area contributed by atoms with Crippen LogP contribution in [0, 0.1) is 11.3 Å². The van der Waals surface area contributed by atoms with E-state index in [0.717, 1.165) is 4.31 Å². The Morgan fingerprint density at radius 2 is 1.80 bits per heavy atom. The fourth-order valence-electron chi connectivity index (χ4n) is 5.44. The molecular weight excluding hydrogens is 490 g/mol. The third-order valence-electron chi connectivity index (χ3n) is 6.98. The van der Waals surface area contributed by atoms with Gasteiger partial charge in [-0.1, -0.05) is 54.1 Å². The Kier molecular flexibility index (Phi) is 5.43. The second kappa shape index (κ2) is 8.01. The molecule has 2 aliphatic rings. The molecule has 0 amide bonds. The summed E-state index contributed by atoms with van der Waals surface area (Å²) in [6, 6.07) is 18.6. The van der Waals surface area contributed by atoms with Gasteiger partial charge in [0.15, 0.2) is 11.2 Å². The second-order valence-electron chi connectivity index (χ2n) is 8.92. The number of benzene rings is 2. The van der Waals surface area contributed by atoms with E-state index in [1.807, 2.05) is 0 Å². The largest absolute Gasteiger partial charge is 0.476 e. The molecule has 35 heavy (non-hydrogen) atoms. The summed E-state index contributed by atoms with van der Waals surface area (Å²) in [4.78, 5) is 4.29. The van der Waals surface area contributed by atoms with Crippen LogP contribution in [-0.2, 0) is 21.2 Å². The Morgan fingerprint density at radius 1 is 1.14 bits per heavy atom. The Bertz CT molecular complexity index is 1440. The standard InChI is InChI=1S/C25H22ClN3O5S/c1-29(2)35(32,33)21-20(16-6-4-3-5-7-16)25(17-10-8-15(13-27)9-11-17)24(31,23(21)30)22-19(34-25)12-18(26)14-28-22/h3-12,14,20-21,23,30-31H,1-2H3/t20-,21-,23+,24+,25+/m1/s1. The van der Waals surface area contributed by atoms with Gasteiger partial charge in [-0.25, -0.2) is 12.7 Å². The monoisotopic (exact) mass is 511 g/mol. The number of aliphatic hydroxyl groups is 2. The van der Waals surface area contributed by atoms with E-state index in [0.29, 0.717) is 16.7 Å². The lowest BCUT2D eigenvalue weighted by molar-refractivity contribution is -0.150. The van der Waals surface area contributed by atoms with Gasteiger partial charge in [0.25, 0.3) is 0 Å². The minimum Gasteiger partial charge on any atom is -0.476 e. The van der Waals surface area contributed by atoms with Crippen molar-refractivity contribution < 1.29 is 23.4 Å². The van der Waals surface area contributed by atoms with Crippen LogP contribution in [0.5, 0.6) is 5.75 Å². The molecule has 0 bridgehead atoms. The van der Waals surface area contributed by atoms with E-state index in [-0.39, 0.29) is 16.5 Å². The lowest BCUT2D eigenvalue weighted by Gasteiger charge is -2.40. The van der Waals surface area contributed by atoms with E-state index in [9.17, 15) is 23.9 Å². The molecule has 2 aromatic carbocycles. The Labute approximate surface area is 208 Å². The maximum Gasteiger partial charge on any atom is 0.219 e. The van der Waals surface area contributed by atoms with Crippen molar-refractivity contribution in [1.82, 2.24) is 9.29 Å². The zero-order valence-corrected chi connectivity index (χ0v) is 20.4. The summed E-state index contributed by atoms with van der Waals surface area (Å²) < 4.78 is 34.8. The van der Waals surface area contributed by atoms with Gasteiger partial charge in [-0.05, 0) is 23.3 Å². The third kappa shape index (κ3) is 3.08. The zero-order chi connectivity index (χ0) is 25.2. The number of hydrogen-bond acceptors (Lipinski definition) is 7. The molecule has 1 saturated carbocycles. The van der Waals surface area contributed by atoms with E-state index in [1.165, 1.54) is 26.4 Å². The number of aliphatic hydroxyl groups excluding tert-OH is 1. The molecule has 2 N–H and O–H groups in total. The van der Waals surface area contributed by atoms with Gasteiger partial charge >= 0.3 is 0 Å². The van der Waals surface area contributed by atoms with Gasteiger partial charge in [0.2, 0.25) is 10.0 Å². The molecule has 0 saturated heterocycles. The van der Waals surface area contributed by atoms with Crippen LogP contribution in [-0.4, -0.2) is 53.4 Å². The van der Waals surface area contributed by atoms with E-state index in [2.05, 4.69) is 11.1 Å². The molecule has 1 aromatic heterocycles. The average Bonchev–Trinajstić information content (AvgIpc) is 3.22. The number of hydrogen-bond donors (Lipinski definition) is 2. The number of nitrogens with zero attached hydrogens (tertiary/aromatic N) is 3. The molecule has 8 nitrogen and oxygen atoms in total. The van der Waals surface area contributed by atoms with Gasteiger partial charge < -0.3 is 14.9 Å². The Hall–Kier alpha value is -3.00. The molecule has 0 spiro atoms. The summed E-state index contributed by atoms with van der Waals surface area (Å²) in [6.45, 7) is 0. The molecule has 1 aliphatic carbocycles. The first-order valence-electron chi connectivity index (χ1n) is 10.8. The zero-order valence-electron chi connectivity index (χ0n) is 18.8. The highest BCUT2D eigenvalue weighted by atomic mass is 35.5. The highest BCUT2D eigenvalue weighted by Crippen LogP contribution is 2.67. The fraction of sp³-hybridized carbons (Fsp3) is 0.280. The lowest BCUT2D eigenvalue weighted by Crippen LogP contribution is -2.52. The van der Waals surface area contributed by atoms with E-state index in [1.54, 1.807) is 54.6 Å². The van der Waals surface area contributed by atoms with Crippen LogP contribution in [0.1, 0.15) is 28.3 Å².